The summed E-state index contributed by atoms with van der Waals surface area (Å²) in [5.74, 6) is -0.604. The second kappa shape index (κ2) is 6.51. The average Bonchev–Trinajstić information content (AvgIpc) is 2.91. The summed E-state index contributed by atoms with van der Waals surface area (Å²) in [4.78, 5) is 26.8. The smallest absolute Gasteiger partial charge is 0.338 e. The molecule has 0 aliphatic heterocycles. The average molecular weight is 290 g/mol. The van der Waals surface area contributed by atoms with E-state index in [2.05, 4.69) is 25.3 Å². The Balaban J connectivity index is 1.93. The van der Waals surface area contributed by atoms with E-state index >= 15 is 0 Å². The van der Waals surface area contributed by atoms with Crippen LogP contribution in [0.3, 0.4) is 0 Å². The molecule has 3 N–H and O–H groups in total. The van der Waals surface area contributed by atoms with Crippen LogP contribution < -0.4 is 10.6 Å². The van der Waals surface area contributed by atoms with Gasteiger partial charge in [-0.15, -0.1) is 0 Å². The van der Waals surface area contributed by atoms with Crippen molar-refractivity contribution in [3.63, 3.8) is 0 Å². The Bertz CT molecular complexity index is 640. The maximum atomic E-state index is 11.7. The first-order valence-corrected chi connectivity index (χ1v) is 6.21. The van der Waals surface area contributed by atoms with Crippen molar-refractivity contribution in [1.82, 2.24) is 15.5 Å². The summed E-state index contributed by atoms with van der Waals surface area (Å²) in [5.41, 5.74) is 0.900. The maximum absolute atomic E-state index is 11.7. The molecular weight excluding hydrogens is 276 g/mol. The number of anilines is 1. The molecule has 110 valence electrons. The van der Waals surface area contributed by atoms with E-state index in [4.69, 9.17) is 5.11 Å². The fourth-order valence-corrected chi connectivity index (χ4v) is 1.81. The molecule has 21 heavy (non-hydrogen) atoms. The molecule has 2 aromatic rings. The second-order valence-electron chi connectivity index (χ2n) is 4.28. The van der Waals surface area contributed by atoms with Crippen molar-refractivity contribution in [2.45, 2.75) is 13.3 Å². The highest BCUT2D eigenvalue weighted by atomic mass is 16.5. The zero-order valence-electron chi connectivity index (χ0n) is 11.3. The summed E-state index contributed by atoms with van der Waals surface area (Å²) in [5, 5.41) is 17.9. The van der Waals surface area contributed by atoms with Gasteiger partial charge in [-0.25, -0.2) is 9.59 Å². The number of carboxylic acid groups (broad SMARTS) is 1. The van der Waals surface area contributed by atoms with Gasteiger partial charge < -0.3 is 20.3 Å². The van der Waals surface area contributed by atoms with Gasteiger partial charge in [-0.05, 0) is 18.6 Å². The molecule has 0 atom stereocenters. The third-order valence-electron chi connectivity index (χ3n) is 2.78. The van der Waals surface area contributed by atoms with Gasteiger partial charge in [0.15, 0.2) is 5.82 Å². The number of amides is 2. The normalized spacial score (nSPS) is 10.1. The number of hydrogen-bond acceptors (Lipinski definition) is 5. The Morgan fingerprint density at radius 1 is 1.38 bits per heavy atom. The van der Waals surface area contributed by atoms with Crippen molar-refractivity contribution in [1.29, 1.82) is 0 Å². The van der Waals surface area contributed by atoms with Crippen molar-refractivity contribution in [3.05, 3.63) is 41.5 Å². The molecule has 0 fully saturated rings. The van der Waals surface area contributed by atoms with E-state index in [1.54, 1.807) is 19.1 Å². The minimum Gasteiger partial charge on any atom is -0.478 e. The Labute approximate surface area is 120 Å². The van der Waals surface area contributed by atoms with E-state index in [1.165, 1.54) is 12.5 Å². The predicted octanol–water partition coefficient (Wildman–Crippen LogP) is 1.44. The van der Waals surface area contributed by atoms with Crippen LogP contribution >= 0.6 is 0 Å². The number of benzene rings is 1. The third-order valence-corrected chi connectivity index (χ3v) is 2.78. The molecule has 0 saturated carbocycles. The van der Waals surface area contributed by atoms with E-state index in [0.717, 1.165) is 0 Å². The van der Waals surface area contributed by atoms with Crippen molar-refractivity contribution < 1.29 is 19.2 Å². The van der Waals surface area contributed by atoms with Gasteiger partial charge in [-0.2, -0.15) is 4.98 Å². The third kappa shape index (κ3) is 3.78. The van der Waals surface area contributed by atoms with Crippen LogP contribution in [0.25, 0.3) is 0 Å². The number of aromatic carboxylic acids is 1. The number of urea groups is 1. The predicted molar refractivity (Wildman–Crippen MR) is 73.2 cm³/mol. The fraction of sp³-hybridized carbons (Fsp3) is 0.231. The summed E-state index contributed by atoms with van der Waals surface area (Å²) in [6.07, 6.45) is 1.63. The van der Waals surface area contributed by atoms with Gasteiger partial charge in [0.1, 0.15) is 0 Å². The lowest BCUT2D eigenvalue weighted by molar-refractivity contribution is 0.0697. The monoisotopic (exact) mass is 290 g/mol. The largest absolute Gasteiger partial charge is 0.478 e. The lowest BCUT2D eigenvalue weighted by Gasteiger charge is -2.11. The van der Waals surface area contributed by atoms with E-state index < -0.39 is 12.0 Å². The van der Waals surface area contributed by atoms with Crippen LogP contribution in [0.4, 0.5) is 10.5 Å². The van der Waals surface area contributed by atoms with Gasteiger partial charge in [0, 0.05) is 13.0 Å². The summed E-state index contributed by atoms with van der Waals surface area (Å²) in [6, 6.07) is 4.39. The number of rotatable bonds is 5. The highest BCUT2D eigenvalue weighted by Gasteiger charge is 2.14. The quantitative estimate of drug-likeness (QED) is 0.767. The van der Waals surface area contributed by atoms with Gasteiger partial charge in [0.05, 0.1) is 11.3 Å². The maximum Gasteiger partial charge on any atom is 0.338 e. The van der Waals surface area contributed by atoms with Crippen molar-refractivity contribution in [3.8, 4) is 0 Å². The highest BCUT2D eigenvalue weighted by Crippen LogP contribution is 2.19. The van der Waals surface area contributed by atoms with E-state index in [1.807, 2.05) is 0 Å². The minimum atomic E-state index is -1.09. The highest BCUT2D eigenvalue weighted by molar-refractivity contribution is 6.01. The zero-order chi connectivity index (χ0) is 15.2. The number of aryl methyl sites for hydroxylation is 1. The van der Waals surface area contributed by atoms with Gasteiger partial charge in [-0.3, -0.25) is 0 Å². The Kier molecular flexibility index (Phi) is 4.50. The van der Waals surface area contributed by atoms with Gasteiger partial charge in [-0.1, -0.05) is 17.3 Å². The van der Waals surface area contributed by atoms with Gasteiger partial charge >= 0.3 is 12.0 Å². The SMILES string of the molecule is Cc1cccc(NC(=O)NCCc2ncon2)c1C(=O)O. The van der Waals surface area contributed by atoms with Gasteiger partial charge in [0.25, 0.3) is 0 Å². The molecule has 0 aliphatic carbocycles. The number of aromatic nitrogens is 2. The fourth-order valence-electron chi connectivity index (χ4n) is 1.81. The summed E-state index contributed by atoms with van der Waals surface area (Å²) >= 11 is 0. The number of carbonyl (C=O) groups excluding carboxylic acids is 1. The van der Waals surface area contributed by atoms with E-state index in [9.17, 15) is 9.59 Å². The number of hydrogen-bond donors (Lipinski definition) is 3. The van der Waals surface area contributed by atoms with Crippen molar-refractivity contribution in [2.75, 3.05) is 11.9 Å². The van der Waals surface area contributed by atoms with E-state index in [0.29, 0.717) is 24.4 Å². The Morgan fingerprint density at radius 2 is 2.19 bits per heavy atom. The number of nitrogens with one attached hydrogen (secondary N) is 2. The molecule has 0 radical (unpaired) electrons. The standard InChI is InChI=1S/C13H14N4O4/c1-8-3-2-4-9(11(8)12(18)19)16-13(20)14-6-5-10-15-7-21-17-10/h2-4,7H,5-6H2,1H3,(H,18,19)(H2,14,16,20). The molecule has 0 aliphatic rings. The number of carbonyl (C=O) groups is 2. The van der Waals surface area contributed by atoms with Crippen LogP contribution in [0.1, 0.15) is 21.7 Å². The van der Waals surface area contributed by atoms with E-state index in [-0.39, 0.29) is 11.3 Å². The van der Waals surface area contributed by atoms with Crippen LogP contribution in [-0.2, 0) is 6.42 Å². The molecule has 0 unspecified atom stereocenters. The number of carboxylic acids is 1. The van der Waals surface area contributed by atoms with Crippen LogP contribution in [0, 0.1) is 6.92 Å². The molecule has 2 amide bonds. The molecular formula is C13H14N4O4. The molecule has 0 spiro atoms. The molecule has 2 rings (SSSR count). The minimum absolute atomic E-state index is 0.0748. The molecule has 1 aromatic heterocycles. The summed E-state index contributed by atoms with van der Waals surface area (Å²) in [6.45, 7) is 1.97. The van der Waals surface area contributed by atoms with Crippen LogP contribution in [0.15, 0.2) is 29.1 Å². The molecule has 0 saturated heterocycles. The topological polar surface area (TPSA) is 117 Å². The molecule has 1 aromatic carbocycles. The zero-order valence-corrected chi connectivity index (χ0v) is 11.3. The summed E-state index contributed by atoms with van der Waals surface area (Å²) < 4.78 is 4.57. The van der Waals surface area contributed by atoms with Crippen molar-refractivity contribution >= 4 is 17.7 Å². The van der Waals surface area contributed by atoms with Crippen LogP contribution in [-0.4, -0.2) is 33.8 Å². The first kappa shape index (κ1) is 14.5. The molecule has 8 heteroatoms. The van der Waals surface area contributed by atoms with Crippen LogP contribution in [0.2, 0.25) is 0 Å². The van der Waals surface area contributed by atoms with Crippen LogP contribution in [0.5, 0.6) is 0 Å². The Hall–Kier alpha value is -2.90. The lowest BCUT2D eigenvalue weighted by Crippen LogP contribution is -2.31. The van der Waals surface area contributed by atoms with Gasteiger partial charge in [0.2, 0.25) is 6.39 Å². The number of nitrogens with zero attached hydrogens (tertiary/aromatic N) is 2. The Morgan fingerprint density at radius 3 is 2.86 bits per heavy atom. The molecule has 1 heterocycles. The first-order chi connectivity index (χ1) is 10.1. The first-order valence-electron chi connectivity index (χ1n) is 6.21. The summed E-state index contributed by atoms with van der Waals surface area (Å²) in [7, 11) is 0. The molecule has 0 bridgehead atoms. The lowest BCUT2D eigenvalue weighted by atomic mass is 10.1. The second-order valence-corrected chi connectivity index (χ2v) is 4.28. The van der Waals surface area contributed by atoms with Crippen molar-refractivity contribution in [2.24, 2.45) is 0 Å². The molecule has 8 nitrogen and oxygen atoms in total.